The van der Waals surface area contributed by atoms with Crippen LogP contribution in [-0.2, 0) is 11.4 Å². The highest BCUT2D eigenvalue weighted by molar-refractivity contribution is 6.33. The number of aromatic nitrogens is 2. The van der Waals surface area contributed by atoms with Crippen LogP contribution in [0.3, 0.4) is 0 Å². The average Bonchev–Trinajstić information content (AvgIpc) is 3.83. The number of nitrogens with one attached hydrogen (secondary N) is 2. The number of carbonyl (C=O) groups excluding carboxylic acids is 2. The van der Waals surface area contributed by atoms with Crippen LogP contribution in [0.1, 0.15) is 39.9 Å². The molecule has 2 aliphatic rings. The van der Waals surface area contributed by atoms with Crippen LogP contribution in [0, 0.1) is 6.92 Å². The number of nitrogens with zero attached hydrogens (tertiary/aromatic N) is 4. The van der Waals surface area contributed by atoms with Gasteiger partial charge in [-0.05, 0) is 62.2 Å². The second kappa shape index (κ2) is 14.7. The first-order chi connectivity index (χ1) is 20.8. The highest BCUT2D eigenvalue weighted by atomic mass is 35.5. The Labute approximate surface area is 257 Å². The molecule has 2 amide bonds. The number of methoxy groups -OCH3 is 1. The van der Waals surface area contributed by atoms with Crippen LogP contribution in [-0.4, -0.2) is 73.6 Å². The SMILES string of the molecule is C=Cc1cc(N2CCN(C)CC2)cc(C)c1Nc1ncc(OCc2cc(C(=O)NC3CC3)cc(OC)c2Cl)cn1.NC=O. The van der Waals surface area contributed by atoms with Crippen molar-refractivity contribution in [3.05, 3.63) is 70.5 Å². The summed E-state index contributed by atoms with van der Waals surface area (Å²) in [5.74, 6) is 1.19. The second-order valence-corrected chi connectivity index (χ2v) is 10.8. The molecule has 2 aromatic carbocycles. The minimum absolute atomic E-state index is 0.128. The number of likely N-dealkylation sites (N-methyl/N-ethyl adjacent to an activating group) is 1. The molecule has 1 aliphatic heterocycles. The summed E-state index contributed by atoms with van der Waals surface area (Å²) in [5.41, 5.74) is 9.48. The highest BCUT2D eigenvalue weighted by Crippen LogP contribution is 2.33. The number of hydrogen-bond donors (Lipinski definition) is 3. The summed E-state index contributed by atoms with van der Waals surface area (Å²) in [4.78, 5) is 34.8. The van der Waals surface area contributed by atoms with Gasteiger partial charge in [-0.2, -0.15) is 0 Å². The first kappa shape index (κ1) is 31.6. The quantitative estimate of drug-likeness (QED) is 0.290. The molecule has 11 nitrogen and oxygen atoms in total. The Kier molecular flexibility index (Phi) is 10.8. The molecule has 43 heavy (non-hydrogen) atoms. The lowest BCUT2D eigenvalue weighted by Crippen LogP contribution is -2.44. The molecule has 1 saturated heterocycles. The van der Waals surface area contributed by atoms with Crippen molar-refractivity contribution in [1.29, 1.82) is 0 Å². The van der Waals surface area contributed by atoms with Crippen molar-refractivity contribution in [3.8, 4) is 11.5 Å². The summed E-state index contributed by atoms with van der Waals surface area (Å²) >= 11 is 6.50. The molecule has 0 spiro atoms. The molecule has 228 valence electrons. The number of halogens is 1. The van der Waals surface area contributed by atoms with Gasteiger partial charge in [0.15, 0.2) is 5.75 Å². The first-order valence-electron chi connectivity index (χ1n) is 14.0. The molecular weight excluding hydrogens is 570 g/mol. The molecule has 3 aromatic rings. The summed E-state index contributed by atoms with van der Waals surface area (Å²) < 4.78 is 11.3. The minimum Gasteiger partial charge on any atom is -0.495 e. The third-order valence-electron chi connectivity index (χ3n) is 7.21. The lowest BCUT2D eigenvalue weighted by molar-refractivity contribution is -0.106. The van der Waals surface area contributed by atoms with Gasteiger partial charge in [-0.3, -0.25) is 9.59 Å². The predicted molar refractivity (Wildman–Crippen MR) is 169 cm³/mol. The van der Waals surface area contributed by atoms with Crippen LogP contribution in [0.2, 0.25) is 5.02 Å². The number of carbonyl (C=O) groups is 2. The lowest BCUT2D eigenvalue weighted by Gasteiger charge is -2.34. The standard InChI is InChI=1S/C30H35ClN6O3.CH3NO/c1-5-20-14-24(37-10-8-36(3)9-11-37)12-19(2)28(20)35-30-32-16-25(17-33-30)40-18-22-13-21(15-26(39-4)27(22)31)29(38)34-23-6-7-23;2-1-3/h5,12-17,23H,1,6-11,18H2,2-4H3,(H,34,38)(H,32,33,35);1H,(H2,2,3). The van der Waals surface area contributed by atoms with Crippen LogP contribution in [0.15, 0.2) is 43.2 Å². The summed E-state index contributed by atoms with van der Waals surface area (Å²) in [6.07, 6.45) is 7.32. The van der Waals surface area contributed by atoms with Gasteiger partial charge in [0.25, 0.3) is 5.91 Å². The Balaban J connectivity index is 0.00000135. The fraction of sp³-hybridized carbons (Fsp3) is 0.355. The number of hydrogen-bond acceptors (Lipinski definition) is 9. The zero-order valence-electron chi connectivity index (χ0n) is 24.7. The Morgan fingerprint density at radius 1 is 1.16 bits per heavy atom. The van der Waals surface area contributed by atoms with Crippen molar-refractivity contribution in [3.63, 3.8) is 0 Å². The molecule has 1 aliphatic carbocycles. The van der Waals surface area contributed by atoms with E-state index in [1.807, 2.05) is 6.08 Å². The molecule has 1 saturated carbocycles. The van der Waals surface area contributed by atoms with E-state index >= 15 is 0 Å². The van der Waals surface area contributed by atoms with E-state index in [0.717, 1.165) is 55.8 Å². The normalized spacial score (nSPS) is 14.7. The first-order valence-corrected chi connectivity index (χ1v) is 14.4. The van der Waals surface area contributed by atoms with Crippen LogP contribution >= 0.6 is 11.6 Å². The number of amides is 2. The van der Waals surface area contributed by atoms with E-state index in [1.54, 1.807) is 24.5 Å². The smallest absolute Gasteiger partial charge is 0.251 e. The maximum Gasteiger partial charge on any atom is 0.251 e. The second-order valence-electron chi connectivity index (χ2n) is 10.4. The van der Waals surface area contributed by atoms with E-state index in [0.29, 0.717) is 33.6 Å². The molecule has 1 aromatic heterocycles. The number of anilines is 3. The summed E-state index contributed by atoms with van der Waals surface area (Å²) in [6.45, 7) is 10.3. The molecule has 0 atom stereocenters. The minimum atomic E-state index is -0.150. The van der Waals surface area contributed by atoms with Crippen LogP contribution < -0.4 is 30.7 Å². The number of rotatable bonds is 10. The Hall–Kier alpha value is -4.35. The summed E-state index contributed by atoms with van der Waals surface area (Å²) in [5, 5.41) is 6.72. The number of nitrogens with two attached hydrogens (primary N) is 1. The van der Waals surface area contributed by atoms with E-state index in [2.05, 4.69) is 68.8 Å². The molecule has 2 heterocycles. The van der Waals surface area contributed by atoms with Gasteiger partial charge in [0.2, 0.25) is 12.4 Å². The fourth-order valence-electron chi connectivity index (χ4n) is 4.64. The van der Waals surface area contributed by atoms with Crippen molar-refractivity contribution >= 4 is 47.3 Å². The molecule has 5 rings (SSSR count). The maximum absolute atomic E-state index is 12.6. The van der Waals surface area contributed by atoms with E-state index in [1.165, 1.54) is 12.8 Å². The van der Waals surface area contributed by atoms with Gasteiger partial charge in [0, 0.05) is 49.0 Å². The monoisotopic (exact) mass is 607 g/mol. The Morgan fingerprint density at radius 2 is 1.84 bits per heavy atom. The van der Waals surface area contributed by atoms with Crippen molar-refractivity contribution in [1.82, 2.24) is 20.2 Å². The van der Waals surface area contributed by atoms with Gasteiger partial charge >= 0.3 is 0 Å². The number of ether oxygens (including phenoxy) is 2. The van der Waals surface area contributed by atoms with E-state index < -0.39 is 0 Å². The summed E-state index contributed by atoms with van der Waals surface area (Å²) in [7, 11) is 3.68. The van der Waals surface area contributed by atoms with Crippen LogP contribution in [0.25, 0.3) is 6.08 Å². The van der Waals surface area contributed by atoms with E-state index in [4.69, 9.17) is 25.9 Å². The van der Waals surface area contributed by atoms with Gasteiger partial charge in [-0.1, -0.05) is 24.3 Å². The Morgan fingerprint density at radius 3 is 2.44 bits per heavy atom. The predicted octanol–water partition coefficient (Wildman–Crippen LogP) is 4.16. The third-order valence-corrected chi connectivity index (χ3v) is 7.64. The maximum atomic E-state index is 12.6. The van der Waals surface area contributed by atoms with Gasteiger partial charge < -0.3 is 35.6 Å². The highest BCUT2D eigenvalue weighted by Gasteiger charge is 2.25. The van der Waals surface area contributed by atoms with Crippen molar-refractivity contribution < 1.29 is 19.1 Å². The topological polar surface area (TPSA) is 135 Å². The van der Waals surface area contributed by atoms with E-state index in [9.17, 15) is 4.79 Å². The summed E-state index contributed by atoms with van der Waals surface area (Å²) in [6, 6.07) is 7.96. The van der Waals surface area contributed by atoms with Crippen molar-refractivity contribution in [2.45, 2.75) is 32.4 Å². The van der Waals surface area contributed by atoms with Crippen LogP contribution in [0.5, 0.6) is 11.5 Å². The number of primary amides is 1. The molecule has 0 bridgehead atoms. The molecule has 0 unspecified atom stereocenters. The van der Waals surface area contributed by atoms with E-state index in [-0.39, 0.29) is 25.0 Å². The fourth-order valence-corrected chi connectivity index (χ4v) is 4.88. The van der Waals surface area contributed by atoms with Crippen LogP contribution in [0.4, 0.5) is 17.3 Å². The molecule has 4 N–H and O–H groups in total. The molecule has 12 heteroatoms. The zero-order valence-corrected chi connectivity index (χ0v) is 25.5. The third kappa shape index (κ3) is 8.36. The van der Waals surface area contributed by atoms with Gasteiger partial charge in [0.1, 0.15) is 12.4 Å². The number of piperazine rings is 1. The zero-order chi connectivity index (χ0) is 30.9. The average molecular weight is 608 g/mol. The largest absolute Gasteiger partial charge is 0.495 e. The van der Waals surface area contributed by atoms with Crippen molar-refractivity contribution in [2.75, 3.05) is 50.6 Å². The Bertz CT molecular complexity index is 1440. The lowest BCUT2D eigenvalue weighted by atomic mass is 10.1. The van der Waals surface area contributed by atoms with Gasteiger partial charge in [-0.15, -0.1) is 0 Å². The molecular formula is C31H38ClN7O4. The molecule has 2 fully saturated rings. The van der Waals surface area contributed by atoms with Crippen molar-refractivity contribution in [2.24, 2.45) is 5.73 Å². The number of aryl methyl sites for hydroxylation is 1. The van der Waals surface area contributed by atoms with Gasteiger partial charge in [0.05, 0.1) is 30.2 Å². The molecule has 0 radical (unpaired) electrons. The number of benzene rings is 2. The van der Waals surface area contributed by atoms with Gasteiger partial charge in [-0.25, -0.2) is 9.97 Å².